The zero-order chi connectivity index (χ0) is 47.1. The minimum atomic E-state index is -3.54. The number of nitrogens with one attached hydrogen (secondary N) is 1. The predicted molar refractivity (Wildman–Crippen MR) is 259 cm³/mol. The maximum Gasteiger partial charge on any atom is 0.337 e. The van der Waals surface area contributed by atoms with E-state index < -0.39 is 32.0 Å². The van der Waals surface area contributed by atoms with Crippen LogP contribution < -0.4 is 13.9 Å². The summed E-state index contributed by atoms with van der Waals surface area (Å²) in [6, 6.07) is 33.7. The molecule has 1 N–H and O–H groups in total. The molecule has 2 saturated heterocycles. The molecule has 65 heavy (non-hydrogen) atoms. The number of piperazine rings is 2. The first-order chi connectivity index (χ1) is 31.0. The van der Waals surface area contributed by atoms with Gasteiger partial charge in [-0.25, -0.2) is 26.4 Å². The number of anilines is 2. The highest BCUT2D eigenvalue weighted by Gasteiger charge is 2.29. The van der Waals surface area contributed by atoms with Crippen LogP contribution >= 0.6 is 0 Å². The lowest BCUT2D eigenvalue weighted by Gasteiger charge is -2.42. The fourth-order valence-electron chi connectivity index (χ4n) is 8.43. The van der Waals surface area contributed by atoms with E-state index in [2.05, 4.69) is 54.8 Å². The molecule has 4 aromatic carbocycles. The maximum absolute atomic E-state index is 13.4. The molecule has 0 bridgehead atoms. The lowest BCUT2D eigenvalue weighted by atomic mass is 10.1. The summed E-state index contributed by atoms with van der Waals surface area (Å²) in [7, 11) is -2.25. The number of hydrogen-bond acceptors (Lipinski definition) is 12. The Labute approximate surface area is 387 Å². The number of nitrogens with zero attached hydrogens (tertiary/aromatic N) is 5. The summed E-state index contributed by atoms with van der Waals surface area (Å²) in [4.78, 5) is 30.4. The van der Waals surface area contributed by atoms with Crippen LogP contribution in [0.5, 0.6) is 0 Å². The van der Waals surface area contributed by atoms with E-state index >= 15 is 0 Å². The van der Waals surface area contributed by atoms with E-state index in [-0.39, 0.29) is 24.6 Å². The third kappa shape index (κ3) is 15.1. The standard InChI is InChI=1S/C25H35N3O4S.C24H33N3O4S/c1-20-17-27(18-21(2)26(20)3)15-8-16-33(30,31)28(24-9-6-5-7-10-24)19-22-11-13-23(14-12-22)25(29)32-4;1-19-16-26(17-20(2)25-19)14-7-15-32(29,30)27(23-8-5-4-6-9-23)18-21-10-12-22(13-11-21)24(28)31-3/h5-7,9-14,20-21H,8,15-19H2,1-4H3;4-6,8-13,19-20,25H,7,14-18H2,1-3H3/t20-,21+;19-,20+. The summed E-state index contributed by atoms with van der Waals surface area (Å²) in [6.07, 6.45) is 1.16. The monoisotopic (exact) mass is 932 g/mol. The van der Waals surface area contributed by atoms with Crippen molar-refractivity contribution >= 4 is 43.4 Å². The minimum absolute atomic E-state index is 0.0782. The van der Waals surface area contributed by atoms with E-state index in [9.17, 15) is 26.4 Å². The molecule has 4 aromatic rings. The number of carbonyl (C=O) groups excluding carboxylic acids is 2. The van der Waals surface area contributed by atoms with Crippen molar-refractivity contribution in [3.63, 3.8) is 0 Å². The second-order valence-electron chi connectivity index (χ2n) is 17.3. The average molecular weight is 933 g/mol. The summed E-state index contributed by atoms with van der Waals surface area (Å²) >= 11 is 0. The molecule has 14 nitrogen and oxygen atoms in total. The molecule has 4 atom stereocenters. The van der Waals surface area contributed by atoms with Crippen LogP contribution in [0.3, 0.4) is 0 Å². The topological polar surface area (TPSA) is 149 Å². The molecule has 6 rings (SSSR count). The number of ether oxygens (including phenoxy) is 2. The largest absolute Gasteiger partial charge is 0.465 e. The first-order valence-electron chi connectivity index (χ1n) is 22.4. The Morgan fingerprint density at radius 3 is 1.28 bits per heavy atom. The molecule has 0 radical (unpaired) electrons. The molecular formula is C49H68N6O8S2. The van der Waals surface area contributed by atoms with Gasteiger partial charge in [0.1, 0.15) is 0 Å². The molecule has 2 heterocycles. The van der Waals surface area contributed by atoms with E-state index in [1.807, 2.05) is 48.5 Å². The van der Waals surface area contributed by atoms with Gasteiger partial charge >= 0.3 is 11.9 Å². The van der Waals surface area contributed by atoms with Crippen LogP contribution in [-0.2, 0) is 42.6 Å². The second-order valence-corrected chi connectivity index (χ2v) is 21.3. The highest BCUT2D eigenvalue weighted by atomic mass is 32.2. The van der Waals surface area contributed by atoms with E-state index in [1.54, 1.807) is 60.7 Å². The summed E-state index contributed by atoms with van der Waals surface area (Å²) in [6.45, 7) is 14.4. The molecule has 2 aliphatic rings. The molecule has 2 fully saturated rings. The third-order valence-electron chi connectivity index (χ3n) is 12.0. The number of rotatable bonds is 18. The Balaban J connectivity index is 0.000000244. The van der Waals surface area contributed by atoms with Crippen molar-refractivity contribution in [2.24, 2.45) is 0 Å². The van der Waals surface area contributed by atoms with E-state index in [0.29, 0.717) is 59.5 Å². The van der Waals surface area contributed by atoms with Gasteiger partial charge in [-0.15, -0.1) is 0 Å². The quantitative estimate of drug-likeness (QED) is 0.115. The summed E-state index contributed by atoms with van der Waals surface area (Å²) in [5.41, 5.74) is 3.74. The molecule has 16 heteroatoms. The van der Waals surface area contributed by atoms with Crippen LogP contribution in [0, 0.1) is 0 Å². The second kappa shape index (κ2) is 24.1. The number of likely N-dealkylation sites (N-methyl/N-ethyl adjacent to an activating group) is 1. The lowest BCUT2D eigenvalue weighted by molar-refractivity contribution is 0.0592. The third-order valence-corrected chi connectivity index (χ3v) is 15.6. The van der Waals surface area contributed by atoms with Crippen molar-refractivity contribution in [1.82, 2.24) is 20.0 Å². The molecule has 0 aromatic heterocycles. The van der Waals surface area contributed by atoms with E-state index in [1.165, 1.54) is 22.8 Å². The maximum atomic E-state index is 13.4. The van der Waals surface area contributed by atoms with Crippen molar-refractivity contribution in [2.45, 2.75) is 77.8 Å². The van der Waals surface area contributed by atoms with Gasteiger partial charge in [-0.2, -0.15) is 0 Å². The fourth-order valence-corrected chi connectivity index (χ4v) is 11.4. The van der Waals surface area contributed by atoms with Gasteiger partial charge < -0.3 is 24.6 Å². The number of para-hydroxylation sites is 2. The molecule has 0 unspecified atom stereocenters. The van der Waals surface area contributed by atoms with Gasteiger partial charge in [0.15, 0.2) is 0 Å². The van der Waals surface area contributed by atoms with Crippen molar-refractivity contribution < 1.29 is 35.9 Å². The molecule has 354 valence electrons. The van der Waals surface area contributed by atoms with E-state index in [4.69, 9.17) is 9.47 Å². The zero-order valence-electron chi connectivity index (χ0n) is 39.0. The number of esters is 2. The summed E-state index contributed by atoms with van der Waals surface area (Å²) in [5.74, 6) is -0.672. The molecule has 0 aliphatic carbocycles. The number of benzene rings is 4. The van der Waals surface area contributed by atoms with Crippen LogP contribution in [0.2, 0.25) is 0 Å². The highest BCUT2D eigenvalue weighted by Crippen LogP contribution is 2.24. The lowest BCUT2D eigenvalue weighted by Crippen LogP contribution is -2.55. The first-order valence-corrected chi connectivity index (χ1v) is 25.6. The van der Waals surface area contributed by atoms with Gasteiger partial charge in [0, 0.05) is 50.3 Å². The fraction of sp³-hybridized carbons (Fsp3) is 0.469. The molecule has 0 spiro atoms. The van der Waals surface area contributed by atoms with Crippen LogP contribution in [0.1, 0.15) is 72.4 Å². The molecular weight excluding hydrogens is 865 g/mol. The van der Waals surface area contributed by atoms with Crippen LogP contribution in [0.15, 0.2) is 109 Å². The van der Waals surface area contributed by atoms with Gasteiger partial charge in [0.05, 0.1) is 61.3 Å². The van der Waals surface area contributed by atoms with Crippen molar-refractivity contribution in [3.05, 3.63) is 131 Å². The molecule has 2 aliphatic heterocycles. The van der Waals surface area contributed by atoms with Gasteiger partial charge in [-0.1, -0.05) is 60.7 Å². The summed E-state index contributed by atoms with van der Waals surface area (Å²) in [5, 5.41) is 3.50. The van der Waals surface area contributed by atoms with E-state index in [0.717, 1.165) is 50.4 Å². The molecule has 0 amide bonds. The Kier molecular flexibility index (Phi) is 18.9. The Morgan fingerprint density at radius 1 is 0.569 bits per heavy atom. The van der Waals surface area contributed by atoms with Crippen LogP contribution in [0.25, 0.3) is 0 Å². The number of hydrogen-bond donors (Lipinski definition) is 1. The van der Waals surface area contributed by atoms with Crippen LogP contribution in [-0.4, -0.2) is 140 Å². The zero-order valence-corrected chi connectivity index (χ0v) is 40.6. The van der Waals surface area contributed by atoms with Crippen molar-refractivity contribution in [3.8, 4) is 0 Å². The Bertz CT molecular complexity index is 2300. The van der Waals surface area contributed by atoms with Crippen LogP contribution in [0.4, 0.5) is 11.4 Å². The predicted octanol–water partition coefficient (Wildman–Crippen LogP) is 6.11. The number of methoxy groups -OCH3 is 2. The number of sulfonamides is 2. The average Bonchev–Trinajstić information content (AvgIpc) is 3.29. The molecule has 0 saturated carbocycles. The van der Waals surface area contributed by atoms with Crippen molar-refractivity contribution in [1.29, 1.82) is 0 Å². The van der Waals surface area contributed by atoms with Gasteiger partial charge in [0.25, 0.3) is 0 Å². The Hall–Kier alpha value is -4.84. The normalized spacial score (nSPS) is 19.7. The van der Waals surface area contributed by atoms with Gasteiger partial charge in [-0.3, -0.25) is 13.5 Å². The van der Waals surface area contributed by atoms with Gasteiger partial charge in [0.2, 0.25) is 20.0 Å². The summed E-state index contributed by atoms with van der Waals surface area (Å²) < 4.78 is 65.9. The Morgan fingerprint density at radius 2 is 0.923 bits per heavy atom. The van der Waals surface area contributed by atoms with Gasteiger partial charge in [-0.05, 0) is 120 Å². The number of carbonyl (C=O) groups is 2. The smallest absolute Gasteiger partial charge is 0.337 e. The highest BCUT2D eigenvalue weighted by molar-refractivity contribution is 7.93. The SMILES string of the molecule is COC(=O)c1ccc(CN(c2ccccc2)S(=O)(=O)CCCN2C[C@@H](C)N(C)[C@@H](C)C2)cc1.COC(=O)c1ccc(CN(c2ccccc2)S(=O)(=O)CCCN2C[C@@H](C)N[C@@H](C)C2)cc1. The van der Waals surface area contributed by atoms with Crippen molar-refractivity contribution in [2.75, 3.05) is 80.7 Å². The first kappa shape index (κ1) is 51.1. The minimum Gasteiger partial charge on any atom is -0.465 e.